The molecule has 2 N–H and O–H groups in total. The van der Waals surface area contributed by atoms with Crippen molar-refractivity contribution < 1.29 is 14.3 Å². The number of carbonyl (C=O) groups excluding carboxylic acids is 1. The average molecular weight is 487 g/mol. The summed E-state index contributed by atoms with van der Waals surface area (Å²) in [6, 6.07) is 18.5. The Morgan fingerprint density at radius 1 is 0.970 bits per heavy atom. The topological polar surface area (TPSA) is 59.6 Å². The van der Waals surface area contributed by atoms with Gasteiger partial charge in [0, 0.05) is 39.9 Å². The van der Waals surface area contributed by atoms with Crippen molar-refractivity contribution in [3.05, 3.63) is 87.4 Å². The summed E-state index contributed by atoms with van der Waals surface area (Å²) < 4.78 is 11.4. The number of hydrogen-bond donors (Lipinski definition) is 2. The summed E-state index contributed by atoms with van der Waals surface area (Å²) in [7, 11) is 1.60. The number of amides is 1. The van der Waals surface area contributed by atoms with E-state index >= 15 is 0 Å². The molecule has 174 valence electrons. The highest BCUT2D eigenvalue weighted by Crippen LogP contribution is 2.31. The van der Waals surface area contributed by atoms with Crippen LogP contribution in [0.3, 0.4) is 0 Å². The highest BCUT2D eigenvalue weighted by molar-refractivity contribution is 6.35. The molecule has 0 aromatic heterocycles. The van der Waals surface area contributed by atoms with E-state index in [1.54, 1.807) is 31.4 Å². The lowest BCUT2D eigenvalue weighted by atomic mass is 10.1. The minimum absolute atomic E-state index is 0.0749. The van der Waals surface area contributed by atoms with E-state index in [1.807, 2.05) is 36.4 Å². The summed E-state index contributed by atoms with van der Waals surface area (Å²) in [4.78, 5) is 12.3. The first kappa shape index (κ1) is 24.7. The second kappa shape index (κ2) is 11.8. The first-order valence-electron chi connectivity index (χ1n) is 10.7. The molecule has 1 amide bonds. The third kappa shape index (κ3) is 7.04. The number of carbonyl (C=O) groups is 1. The lowest BCUT2D eigenvalue weighted by Gasteiger charge is -2.14. The van der Waals surface area contributed by atoms with Gasteiger partial charge in [-0.3, -0.25) is 4.79 Å². The predicted molar refractivity (Wildman–Crippen MR) is 135 cm³/mol. The fourth-order valence-electron chi connectivity index (χ4n) is 3.13. The molecule has 0 fully saturated rings. The van der Waals surface area contributed by atoms with E-state index in [9.17, 15) is 4.79 Å². The molecule has 3 aromatic carbocycles. The third-order valence-corrected chi connectivity index (χ3v) is 5.66. The van der Waals surface area contributed by atoms with E-state index in [0.717, 1.165) is 16.8 Å². The molecule has 0 heterocycles. The summed E-state index contributed by atoms with van der Waals surface area (Å²) in [5.74, 6) is 1.54. The quantitative estimate of drug-likeness (QED) is 0.339. The molecule has 5 nitrogen and oxygen atoms in total. The van der Waals surface area contributed by atoms with Crippen LogP contribution < -0.4 is 20.1 Å². The van der Waals surface area contributed by atoms with Crippen molar-refractivity contribution in [1.82, 2.24) is 5.32 Å². The second-order valence-corrected chi connectivity index (χ2v) is 8.83. The number of halogens is 2. The van der Waals surface area contributed by atoms with Gasteiger partial charge in [0.15, 0.2) is 11.5 Å². The Bertz CT molecular complexity index is 1080. The largest absolute Gasteiger partial charge is 0.493 e. The van der Waals surface area contributed by atoms with Gasteiger partial charge in [-0.2, -0.15) is 0 Å². The van der Waals surface area contributed by atoms with Crippen LogP contribution in [0.15, 0.2) is 60.7 Å². The van der Waals surface area contributed by atoms with E-state index in [4.69, 9.17) is 32.7 Å². The van der Waals surface area contributed by atoms with E-state index in [1.165, 1.54) is 0 Å². The SMILES string of the molecule is COc1cc(CNc2cccc(C(=O)NCC(C)C)c2)ccc1OCc1c(Cl)cccc1Cl. The standard InChI is InChI=1S/C26H28Cl2N2O3/c1-17(2)14-30-26(31)19-6-4-7-20(13-19)29-15-18-10-11-24(25(12-18)32-3)33-16-21-22(27)8-5-9-23(21)28/h4-13,17,29H,14-16H2,1-3H3,(H,30,31). The Kier molecular flexibility index (Phi) is 8.87. The van der Waals surface area contributed by atoms with Crippen LogP contribution in [-0.2, 0) is 13.2 Å². The molecule has 3 rings (SSSR count). The van der Waals surface area contributed by atoms with Gasteiger partial charge in [0.2, 0.25) is 0 Å². The maximum atomic E-state index is 12.3. The van der Waals surface area contributed by atoms with Gasteiger partial charge < -0.3 is 20.1 Å². The highest BCUT2D eigenvalue weighted by atomic mass is 35.5. The van der Waals surface area contributed by atoms with Gasteiger partial charge in [0.1, 0.15) is 6.61 Å². The van der Waals surface area contributed by atoms with E-state index < -0.39 is 0 Å². The van der Waals surface area contributed by atoms with Gasteiger partial charge in [-0.15, -0.1) is 0 Å². The third-order valence-electron chi connectivity index (χ3n) is 4.95. The highest BCUT2D eigenvalue weighted by Gasteiger charge is 2.11. The molecule has 0 saturated carbocycles. The molecule has 0 spiro atoms. The molecule has 0 aliphatic rings. The molecular formula is C26H28Cl2N2O3. The smallest absolute Gasteiger partial charge is 0.251 e. The fraction of sp³-hybridized carbons (Fsp3) is 0.269. The van der Waals surface area contributed by atoms with Crippen molar-refractivity contribution in [2.24, 2.45) is 5.92 Å². The molecule has 0 unspecified atom stereocenters. The maximum absolute atomic E-state index is 12.3. The van der Waals surface area contributed by atoms with Crippen LogP contribution >= 0.6 is 23.2 Å². The molecule has 7 heteroatoms. The summed E-state index contributed by atoms with van der Waals surface area (Å²) >= 11 is 12.5. The number of methoxy groups -OCH3 is 1. The number of nitrogens with one attached hydrogen (secondary N) is 2. The monoisotopic (exact) mass is 486 g/mol. The Balaban J connectivity index is 1.63. The number of ether oxygens (including phenoxy) is 2. The van der Waals surface area contributed by atoms with Crippen LogP contribution in [-0.4, -0.2) is 19.6 Å². The fourth-order valence-corrected chi connectivity index (χ4v) is 3.64. The lowest BCUT2D eigenvalue weighted by molar-refractivity contribution is 0.0949. The van der Waals surface area contributed by atoms with Crippen LogP contribution in [0, 0.1) is 5.92 Å². The number of rotatable bonds is 10. The average Bonchev–Trinajstić information content (AvgIpc) is 2.81. The minimum atomic E-state index is -0.0749. The Labute approximate surface area is 205 Å². The van der Waals surface area contributed by atoms with Crippen molar-refractivity contribution in [3.63, 3.8) is 0 Å². The van der Waals surface area contributed by atoms with Gasteiger partial charge in [0.25, 0.3) is 5.91 Å². The van der Waals surface area contributed by atoms with Crippen molar-refractivity contribution in [2.45, 2.75) is 27.0 Å². The zero-order valence-corrected chi connectivity index (χ0v) is 20.5. The van der Waals surface area contributed by atoms with E-state index in [-0.39, 0.29) is 12.5 Å². The molecular weight excluding hydrogens is 459 g/mol. The van der Waals surface area contributed by atoms with Gasteiger partial charge in [-0.05, 0) is 53.9 Å². The van der Waals surface area contributed by atoms with Gasteiger partial charge in [0.05, 0.1) is 7.11 Å². The zero-order chi connectivity index (χ0) is 23.8. The summed E-state index contributed by atoms with van der Waals surface area (Å²) in [5.41, 5.74) is 3.22. The zero-order valence-electron chi connectivity index (χ0n) is 19.0. The normalized spacial score (nSPS) is 10.7. The molecule has 0 radical (unpaired) electrons. The summed E-state index contributed by atoms with van der Waals surface area (Å²) in [6.45, 7) is 5.57. The summed E-state index contributed by atoms with van der Waals surface area (Å²) in [5, 5.41) is 7.41. The number of hydrogen-bond acceptors (Lipinski definition) is 4. The summed E-state index contributed by atoms with van der Waals surface area (Å²) in [6.07, 6.45) is 0. The van der Waals surface area contributed by atoms with Crippen LogP contribution in [0.1, 0.15) is 35.3 Å². The van der Waals surface area contributed by atoms with Gasteiger partial charge in [-0.25, -0.2) is 0 Å². The minimum Gasteiger partial charge on any atom is -0.493 e. The molecule has 33 heavy (non-hydrogen) atoms. The molecule has 0 bridgehead atoms. The van der Waals surface area contributed by atoms with E-state index in [0.29, 0.717) is 46.1 Å². The molecule has 3 aromatic rings. The number of benzene rings is 3. The van der Waals surface area contributed by atoms with Crippen LogP contribution in [0.5, 0.6) is 11.5 Å². The number of anilines is 1. The first-order chi connectivity index (χ1) is 15.9. The van der Waals surface area contributed by atoms with Gasteiger partial charge >= 0.3 is 0 Å². The first-order valence-corrected chi connectivity index (χ1v) is 11.5. The molecule has 0 aliphatic heterocycles. The predicted octanol–water partition coefficient (Wildman–Crippen LogP) is 6.58. The van der Waals surface area contributed by atoms with Crippen molar-refractivity contribution in [3.8, 4) is 11.5 Å². The van der Waals surface area contributed by atoms with Crippen LogP contribution in [0.4, 0.5) is 5.69 Å². The molecule has 0 aliphatic carbocycles. The Morgan fingerprint density at radius 3 is 2.39 bits per heavy atom. The van der Waals surface area contributed by atoms with Crippen molar-refractivity contribution in [2.75, 3.05) is 19.0 Å². The lowest BCUT2D eigenvalue weighted by Crippen LogP contribution is -2.27. The Hall–Kier alpha value is -2.89. The van der Waals surface area contributed by atoms with Crippen LogP contribution in [0.2, 0.25) is 10.0 Å². The van der Waals surface area contributed by atoms with Crippen molar-refractivity contribution in [1.29, 1.82) is 0 Å². The second-order valence-electron chi connectivity index (χ2n) is 8.01. The van der Waals surface area contributed by atoms with Crippen molar-refractivity contribution >= 4 is 34.8 Å². The van der Waals surface area contributed by atoms with Gasteiger partial charge in [-0.1, -0.05) is 55.2 Å². The molecule has 0 atom stereocenters. The van der Waals surface area contributed by atoms with E-state index in [2.05, 4.69) is 24.5 Å². The Morgan fingerprint density at radius 2 is 1.70 bits per heavy atom. The van der Waals surface area contributed by atoms with Crippen LogP contribution in [0.25, 0.3) is 0 Å². The molecule has 0 saturated heterocycles. The maximum Gasteiger partial charge on any atom is 0.251 e.